The number of carbonyl (C=O) groups is 1. The Bertz CT molecular complexity index is 642. The molecule has 1 aliphatic heterocycles. The summed E-state index contributed by atoms with van der Waals surface area (Å²) in [4.78, 5) is 22.1. The molecule has 1 aliphatic rings. The third-order valence-corrected chi connectivity index (χ3v) is 3.31. The average molecular weight is 275 g/mol. The smallest absolute Gasteiger partial charge is 0.254 e. The van der Waals surface area contributed by atoms with Crippen molar-refractivity contribution in [3.8, 4) is 0 Å². The van der Waals surface area contributed by atoms with Crippen LogP contribution in [-0.4, -0.2) is 20.8 Å². The fourth-order valence-corrected chi connectivity index (χ4v) is 2.21. The van der Waals surface area contributed by atoms with Crippen molar-refractivity contribution in [2.45, 2.75) is 13.1 Å². The third-order valence-electron chi connectivity index (χ3n) is 3.05. The monoisotopic (exact) mass is 274 g/mol. The van der Waals surface area contributed by atoms with Crippen molar-refractivity contribution in [3.63, 3.8) is 0 Å². The van der Waals surface area contributed by atoms with E-state index in [0.29, 0.717) is 23.7 Å². The molecule has 1 amide bonds. The lowest BCUT2D eigenvalue weighted by Gasteiger charge is -2.14. The van der Waals surface area contributed by atoms with Crippen LogP contribution in [-0.2, 0) is 13.1 Å². The highest BCUT2D eigenvalue weighted by atomic mass is 35.5. The first kappa shape index (κ1) is 11.9. The molecule has 3 rings (SSSR count). The lowest BCUT2D eigenvalue weighted by molar-refractivity contribution is 0.0750. The molecule has 0 saturated heterocycles. The molecule has 19 heavy (non-hydrogen) atoms. The molecule has 0 radical (unpaired) electrons. The van der Waals surface area contributed by atoms with E-state index in [9.17, 15) is 4.79 Å². The lowest BCUT2D eigenvalue weighted by atomic mass is 10.2. The fourth-order valence-electron chi connectivity index (χ4n) is 2.09. The Morgan fingerprint density at radius 1 is 1.26 bits per heavy atom. The Labute approximate surface area is 115 Å². The summed E-state index contributed by atoms with van der Waals surface area (Å²) in [6, 6.07) is 6.84. The van der Waals surface area contributed by atoms with E-state index < -0.39 is 0 Å². The van der Waals surface area contributed by atoms with Gasteiger partial charge >= 0.3 is 0 Å². The molecule has 1 aromatic carbocycles. The molecule has 2 heterocycles. The summed E-state index contributed by atoms with van der Waals surface area (Å²) in [5.74, 6) is 0.188. The van der Waals surface area contributed by atoms with E-state index >= 15 is 0 Å². The summed E-state index contributed by atoms with van der Waals surface area (Å²) in [6.45, 7) is 0.973. The number of anilines is 1. The van der Waals surface area contributed by atoms with Gasteiger partial charge < -0.3 is 10.6 Å². The number of carbonyl (C=O) groups excluding carboxylic acids is 1. The van der Waals surface area contributed by atoms with E-state index in [4.69, 9.17) is 17.3 Å². The molecule has 0 aliphatic carbocycles. The first-order valence-electron chi connectivity index (χ1n) is 5.78. The van der Waals surface area contributed by atoms with E-state index in [2.05, 4.69) is 9.97 Å². The molecule has 6 heteroatoms. The Balaban J connectivity index is 1.82. The molecule has 96 valence electrons. The van der Waals surface area contributed by atoms with Gasteiger partial charge in [0, 0.05) is 28.9 Å². The van der Waals surface area contributed by atoms with E-state index in [-0.39, 0.29) is 11.9 Å². The van der Waals surface area contributed by atoms with Crippen LogP contribution in [0.5, 0.6) is 0 Å². The summed E-state index contributed by atoms with van der Waals surface area (Å²) < 4.78 is 0. The number of amides is 1. The molecule has 0 atom stereocenters. The highest BCUT2D eigenvalue weighted by Gasteiger charge is 2.25. The van der Waals surface area contributed by atoms with Crippen LogP contribution >= 0.6 is 11.6 Å². The number of nitrogens with zero attached hydrogens (tertiary/aromatic N) is 3. The molecule has 1 aromatic heterocycles. The molecule has 0 saturated carbocycles. The SMILES string of the molecule is Nc1ncc2c(n1)CN(C(=O)c1ccc(Cl)cc1)C2. The molecule has 5 nitrogen and oxygen atoms in total. The molecule has 0 bridgehead atoms. The topological polar surface area (TPSA) is 72.1 Å². The second-order valence-electron chi connectivity index (χ2n) is 4.37. The fraction of sp³-hybridized carbons (Fsp3) is 0.154. The third kappa shape index (κ3) is 2.24. The first-order chi connectivity index (χ1) is 9.13. The van der Waals surface area contributed by atoms with Gasteiger partial charge in [0.1, 0.15) is 0 Å². The maximum atomic E-state index is 12.3. The van der Waals surface area contributed by atoms with Gasteiger partial charge in [-0.2, -0.15) is 0 Å². The van der Waals surface area contributed by atoms with Crippen molar-refractivity contribution in [2.75, 3.05) is 5.73 Å². The zero-order valence-electron chi connectivity index (χ0n) is 10.0. The summed E-state index contributed by atoms with van der Waals surface area (Å²) in [5, 5.41) is 0.611. The van der Waals surface area contributed by atoms with Gasteiger partial charge in [-0.15, -0.1) is 0 Å². The van der Waals surface area contributed by atoms with Gasteiger partial charge in [0.05, 0.1) is 12.2 Å². The molecular formula is C13H11ClN4O. The average Bonchev–Trinajstić information content (AvgIpc) is 2.81. The summed E-state index contributed by atoms with van der Waals surface area (Å²) in [7, 11) is 0. The molecule has 0 spiro atoms. The Kier molecular flexibility index (Phi) is 2.83. The number of nitrogen functional groups attached to an aromatic ring is 1. The highest BCUT2D eigenvalue weighted by molar-refractivity contribution is 6.30. The van der Waals surface area contributed by atoms with Crippen molar-refractivity contribution in [1.82, 2.24) is 14.9 Å². The second-order valence-corrected chi connectivity index (χ2v) is 4.80. The molecular weight excluding hydrogens is 264 g/mol. The van der Waals surface area contributed by atoms with Crippen molar-refractivity contribution < 1.29 is 4.79 Å². The predicted octanol–water partition coefficient (Wildman–Crippen LogP) is 1.87. The number of benzene rings is 1. The predicted molar refractivity (Wildman–Crippen MR) is 71.5 cm³/mol. The molecule has 0 fully saturated rings. The number of hydrogen-bond donors (Lipinski definition) is 1. The summed E-state index contributed by atoms with van der Waals surface area (Å²) in [5.41, 5.74) is 7.91. The first-order valence-corrected chi connectivity index (χ1v) is 6.16. The van der Waals surface area contributed by atoms with E-state index in [1.165, 1.54) is 0 Å². The van der Waals surface area contributed by atoms with Gasteiger partial charge in [0.25, 0.3) is 5.91 Å². The van der Waals surface area contributed by atoms with Crippen molar-refractivity contribution in [2.24, 2.45) is 0 Å². The Morgan fingerprint density at radius 3 is 2.74 bits per heavy atom. The van der Waals surface area contributed by atoms with Gasteiger partial charge in [-0.3, -0.25) is 4.79 Å². The van der Waals surface area contributed by atoms with Gasteiger partial charge in [0.15, 0.2) is 0 Å². The van der Waals surface area contributed by atoms with Gasteiger partial charge in [-0.05, 0) is 24.3 Å². The minimum Gasteiger partial charge on any atom is -0.368 e. The van der Waals surface area contributed by atoms with Crippen molar-refractivity contribution in [3.05, 3.63) is 52.3 Å². The lowest BCUT2D eigenvalue weighted by Crippen LogP contribution is -2.25. The van der Waals surface area contributed by atoms with Crippen LogP contribution in [0, 0.1) is 0 Å². The molecule has 2 N–H and O–H groups in total. The maximum Gasteiger partial charge on any atom is 0.254 e. The minimum absolute atomic E-state index is 0.0479. The standard InChI is InChI=1S/C13H11ClN4O/c14-10-3-1-8(2-4-10)12(19)18-6-9-5-16-13(15)17-11(9)7-18/h1-5H,6-7H2,(H2,15,16,17). The number of rotatable bonds is 1. The summed E-state index contributed by atoms with van der Waals surface area (Å²) in [6.07, 6.45) is 1.67. The van der Waals surface area contributed by atoms with Crippen molar-refractivity contribution in [1.29, 1.82) is 0 Å². The van der Waals surface area contributed by atoms with E-state index in [1.807, 2.05) is 0 Å². The van der Waals surface area contributed by atoms with E-state index in [0.717, 1.165) is 11.3 Å². The van der Waals surface area contributed by atoms with Gasteiger partial charge in [-0.25, -0.2) is 9.97 Å². The van der Waals surface area contributed by atoms with Crippen LogP contribution in [0.4, 0.5) is 5.95 Å². The summed E-state index contributed by atoms with van der Waals surface area (Å²) >= 11 is 5.81. The van der Waals surface area contributed by atoms with Gasteiger partial charge in [0.2, 0.25) is 5.95 Å². The van der Waals surface area contributed by atoms with Crippen LogP contribution in [0.1, 0.15) is 21.6 Å². The zero-order valence-corrected chi connectivity index (χ0v) is 10.8. The van der Waals surface area contributed by atoms with Crippen LogP contribution < -0.4 is 5.73 Å². The second kappa shape index (κ2) is 4.51. The highest BCUT2D eigenvalue weighted by Crippen LogP contribution is 2.23. The van der Waals surface area contributed by atoms with Crippen LogP contribution in [0.15, 0.2) is 30.5 Å². The Morgan fingerprint density at radius 2 is 2.00 bits per heavy atom. The number of hydrogen-bond acceptors (Lipinski definition) is 4. The van der Waals surface area contributed by atoms with Crippen LogP contribution in [0.2, 0.25) is 5.02 Å². The quantitative estimate of drug-likeness (QED) is 0.862. The number of halogens is 1. The minimum atomic E-state index is -0.0479. The molecule has 0 unspecified atom stereocenters. The number of fused-ring (bicyclic) bond motifs is 1. The van der Waals surface area contributed by atoms with Crippen LogP contribution in [0.3, 0.4) is 0 Å². The van der Waals surface area contributed by atoms with E-state index in [1.54, 1.807) is 35.4 Å². The zero-order chi connectivity index (χ0) is 13.4. The largest absolute Gasteiger partial charge is 0.368 e. The van der Waals surface area contributed by atoms with Crippen LogP contribution in [0.25, 0.3) is 0 Å². The van der Waals surface area contributed by atoms with Gasteiger partial charge in [-0.1, -0.05) is 11.6 Å². The molecule has 2 aromatic rings. The Hall–Kier alpha value is -2.14. The number of nitrogens with two attached hydrogens (primary N) is 1. The normalized spacial score (nSPS) is 13.4. The van der Waals surface area contributed by atoms with Crippen molar-refractivity contribution >= 4 is 23.5 Å². The maximum absolute atomic E-state index is 12.3. The number of aromatic nitrogens is 2.